The average Bonchev–Trinajstić information content (AvgIpc) is 2.60. The predicted octanol–water partition coefficient (Wildman–Crippen LogP) is 5.01. The maximum Gasteiger partial charge on any atom is 0.237 e. The van der Waals surface area contributed by atoms with Crippen molar-refractivity contribution in [2.75, 3.05) is 14.1 Å². The highest BCUT2D eigenvalue weighted by molar-refractivity contribution is 6.42. The molecule has 0 spiro atoms. The van der Waals surface area contributed by atoms with Crippen molar-refractivity contribution in [3.8, 4) is 11.1 Å². The molecule has 0 unspecified atom stereocenters. The minimum Gasteiger partial charge on any atom is -0.351 e. The number of benzene rings is 2. The molecule has 0 aromatic heterocycles. The van der Waals surface area contributed by atoms with Gasteiger partial charge in [0.2, 0.25) is 5.91 Å². The van der Waals surface area contributed by atoms with Crippen LogP contribution in [0.1, 0.15) is 25.3 Å². The van der Waals surface area contributed by atoms with E-state index in [0.717, 1.165) is 29.5 Å². The molecular weight excluding hydrogens is 355 g/mol. The van der Waals surface area contributed by atoms with Gasteiger partial charge in [-0.3, -0.25) is 9.69 Å². The molecule has 5 heteroatoms. The monoisotopic (exact) mass is 378 g/mol. The SMILES string of the molecule is CCC[C@@H](C(=O)NCc1ccc(-c2ccc(Cl)c(Cl)c2)cc1)N(C)C. The fourth-order valence-electron chi connectivity index (χ4n) is 2.69. The van der Waals surface area contributed by atoms with E-state index in [-0.39, 0.29) is 11.9 Å². The number of rotatable bonds is 7. The predicted molar refractivity (Wildman–Crippen MR) is 106 cm³/mol. The van der Waals surface area contributed by atoms with Gasteiger partial charge < -0.3 is 5.32 Å². The first-order chi connectivity index (χ1) is 11.9. The van der Waals surface area contributed by atoms with E-state index in [1.165, 1.54) is 0 Å². The van der Waals surface area contributed by atoms with Crippen LogP contribution in [-0.2, 0) is 11.3 Å². The van der Waals surface area contributed by atoms with E-state index in [0.29, 0.717) is 16.6 Å². The molecule has 2 aromatic rings. The lowest BCUT2D eigenvalue weighted by Crippen LogP contribution is -2.43. The van der Waals surface area contributed by atoms with E-state index in [1.807, 2.05) is 55.4 Å². The Morgan fingerprint density at radius 3 is 2.24 bits per heavy atom. The zero-order chi connectivity index (χ0) is 18.4. The Balaban J connectivity index is 2.00. The summed E-state index contributed by atoms with van der Waals surface area (Å²) >= 11 is 12.0. The first kappa shape index (κ1) is 19.8. The van der Waals surface area contributed by atoms with Crippen LogP contribution in [0.3, 0.4) is 0 Å². The van der Waals surface area contributed by atoms with Crippen LogP contribution in [0.2, 0.25) is 10.0 Å². The molecule has 0 aliphatic carbocycles. The van der Waals surface area contributed by atoms with Gasteiger partial charge in [0.1, 0.15) is 0 Å². The summed E-state index contributed by atoms with van der Waals surface area (Å²) < 4.78 is 0. The second-order valence-corrected chi connectivity index (χ2v) is 7.13. The van der Waals surface area contributed by atoms with Crippen LogP contribution in [0.5, 0.6) is 0 Å². The minimum absolute atomic E-state index is 0.0698. The summed E-state index contributed by atoms with van der Waals surface area (Å²) in [6.07, 6.45) is 1.84. The molecule has 3 nitrogen and oxygen atoms in total. The largest absolute Gasteiger partial charge is 0.351 e. The first-order valence-corrected chi connectivity index (χ1v) is 9.16. The van der Waals surface area contributed by atoms with E-state index in [2.05, 4.69) is 12.2 Å². The Bertz CT molecular complexity index is 714. The maximum absolute atomic E-state index is 12.3. The van der Waals surface area contributed by atoms with Crippen molar-refractivity contribution in [2.24, 2.45) is 0 Å². The van der Waals surface area contributed by atoms with Crippen molar-refractivity contribution in [2.45, 2.75) is 32.4 Å². The van der Waals surface area contributed by atoms with Crippen LogP contribution in [0.4, 0.5) is 0 Å². The van der Waals surface area contributed by atoms with Crippen molar-refractivity contribution < 1.29 is 4.79 Å². The first-order valence-electron chi connectivity index (χ1n) is 8.41. The van der Waals surface area contributed by atoms with Gasteiger partial charge in [0.15, 0.2) is 0 Å². The molecule has 1 amide bonds. The van der Waals surface area contributed by atoms with Gasteiger partial charge >= 0.3 is 0 Å². The molecule has 0 fully saturated rings. The van der Waals surface area contributed by atoms with Gasteiger partial charge in [0.25, 0.3) is 0 Å². The van der Waals surface area contributed by atoms with Crippen molar-refractivity contribution in [3.63, 3.8) is 0 Å². The normalized spacial score (nSPS) is 12.2. The number of nitrogens with zero attached hydrogens (tertiary/aromatic N) is 1. The molecule has 0 saturated heterocycles. The number of likely N-dealkylation sites (N-methyl/N-ethyl adjacent to an activating group) is 1. The number of carbonyl (C=O) groups is 1. The van der Waals surface area contributed by atoms with Gasteiger partial charge in [-0.1, -0.05) is 66.9 Å². The van der Waals surface area contributed by atoms with Gasteiger partial charge in [-0.15, -0.1) is 0 Å². The Labute approximate surface area is 159 Å². The Morgan fingerprint density at radius 1 is 1.04 bits per heavy atom. The van der Waals surface area contributed by atoms with E-state index >= 15 is 0 Å². The number of halogens is 2. The van der Waals surface area contributed by atoms with Crippen LogP contribution in [0.15, 0.2) is 42.5 Å². The fraction of sp³-hybridized carbons (Fsp3) is 0.350. The maximum atomic E-state index is 12.3. The summed E-state index contributed by atoms with van der Waals surface area (Å²) in [5, 5.41) is 4.11. The molecule has 2 rings (SSSR count). The summed E-state index contributed by atoms with van der Waals surface area (Å²) in [5.74, 6) is 0.0698. The third-order valence-electron chi connectivity index (χ3n) is 4.16. The quantitative estimate of drug-likeness (QED) is 0.734. The third kappa shape index (κ3) is 5.46. The highest BCUT2D eigenvalue weighted by Gasteiger charge is 2.19. The Morgan fingerprint density at radius 2 is 1.68 bits per heavy atom. The summed E-state index contributed by atoms with van der Waals surface area (Å²) in [7, 11) is 3.87. The number of amides is 1. The van der Waals surface area contributed by atoms with Gasteiger partial charge in [0.05, 0.1) is 16.1 Å². The number of nitrogens with one attached hydrogen (secondary N) is 1. The van der Waals surface area contributed by atoms with E-state index in [9.17, 15) is 4.79 Å². The lowest BCUT2D eigenvalue weighted by Gasteiger charge is -2.22. The third-order valence-corrected chi connectivity index (χ3v) is 4.90. The molecule has 1 atom stereocenters. The van der Waals surface area contributed by atoms with Crippen molar-refractivity contribution in [1.82, 2.24) is 10.2 Å². The number of carbonyl (C=O) groups excluding carboxylic acids is 1. The van der Waals surface area contributed by atoms with Crippen LogP contribution in [0.25, 0.3) is 11.1 Å². The molecule has 134 valence electrons. The van der Waals surface area contributed by atoms with Crippen LogP contribution in [0, 0.1) is 0 Å². The van der Waals surface area contributed by atoms with Crippen molar-refractivity contribution >= 4 is 29.1 Å². The summed E-state index contributed by atoms with van der Waals surface area (Å²) in [4.78, 5) is 14.3. The number of hydrogen-bond donors (Lipinski definition) is 1. The zero-order valence-electron chi connectivity index (χ0n) is 14.9. The molecule has 0 heterocycles. The molecular formula is C20H24Cl2N2O. The van der Waals surface area contributed by atoms with E-state index < -0.39 is 0 Å². The zero-order valence-corrected chi connectivity index (χ0v) is 16.4. The highest BCUT2D eigenvalue weighted by Crippen LogP contribution is 2.28. The second kappa shape index (κ2) is 9.23. The van der Waals surface area contributed by atoms with Crippen LogP contribution < -0.4 is 5.32 Å². The van der Waals surface area contributed by atoms with Crippen molar-refractivity contribution in [3.05, 3.63) is 58.1 Å². The van der Waals surface area contributed by atoms with Crippen LogP contribution in [-0.4, -0.2) is 30.9 Å². The molecule has 25 heavy (non-hydrogen) atoms. The number of hydrogen-bond acceptors (Lipinski definition) is 2. The Hall–Kier alpha value is -1.55. The van der Waals surface area contributed by atoms with Gasteiger partial charge in [0, 0.05) is 6.54 Å². The molecule has 0 radical (unpaired) electrons. The van der Waals surface area contributed by atoms with Gasteiger partial charge in [-0.05, 0) is 49.3 Å². The summed E-state index contributed by atoms with van der Waals surface area (Å²) in [6.45, 7) is 2.61. The molecule has 0 aliphatic rings. The molecule has 2 aromatic carbocycles. The molecule has 0 aliphatic heterocycles. The van der Waals surface area contributed by atoms with E-state index in [4.69, 9.17) is 23.2 Å². The Kier molecular flexibility index (Phi) is 7.30. The smallest absolute Gasteiger partial charge is 0.237 e. The topological polar surface area (TPSA) is 32.3 Å². The lowest BCUT2D eigenvalue weighted by atomic mass is 10.0. The lowest BCUT2D eigenvalue weighted by molar-refractivity contribution is -0.125. The molecule has 0 saturated carbocycles. The highest BCUT2D eigenvalue weighted by atomic mass is 35.5. The summed E-state index contributed by atoms with van der Waals surface area (Å²) in [6, 6.07) is 13.6. The second-order valence-electron chi connectivity index (χ2n) is 6.31. The molecule has 1 N–H and O–H groups in total. The fourth-order valence-corrected chi connectivity index (χ4v) is 2.99. The van der Waals surface area contributed by atoms with Crippen LogP contribution >= 0.6 is 23.2 Å². The molecule has 0 bridgehead atoms. The van der Waals surface area contributed by atoms with E-state index in [1.54, 1.807) is 6.07 Å². The van der Waals surface area contributed by atoms with Gasteiger partial charge in [-0.2, -0.15) is 0 Å². The summed E-state index contributed by atoms with van der Waals surface area (Å²) in [5.41, 5.74) is 3.14. The minimum atomic E-state index is -0.0829. The van der Waals surface area contributed by atoms with Gasteiger partial charge in [-0.25, -0.2) is 0 Å². The standard InChI is InChI=1S/C20H24Cl2N2O/c1-4-5-19(24(2)3)20(25)23-13-14-6-8-15(9-7-14)16-10-11-17(21)18(22)12-16/h6-12,19H,4-5,13H2,1-3H3,(H,23,25)/t19-/m0/s1. The van der Waals surface area contributed by atoms with Crippen molar-refractivity contribution in [1.29, 1.82) is 0 Å². The average molecular weight is 379 g/mol.